The number of para-hydroxylation sites is 1. The van der Waals surface area contributed by atoms with Gasteiger partial charge >= 0.3 is 0 Å². The van der Waals surface area contributed by atoms with Crippen LogP contribution in [0.2, 0.25) is 0 Å². The van der Waals surface area contributed by atoms with Crippen molar-refractivity contribution >= 4 is 17.0 Å². The van der Waals surface area contributed by atoms with Crippen LogP contribution in [0.15, 0.2) is 44.0 Å². The predicted molar refractivity (Wildman–Crippen MR) is 69.0 cm³/mol. The first-order valence-electron chi connectivity index (χ1n) is 4.92. The molecule has 2 rings (SSSR count). The number of aryl methyl sites for hydroxylation is 2. The SMILES string of the molecule is C=C.C=Cc1c(C)c2ccccc2n1C. The molecule has 0 aliphatic rings. The fourth-order valence-electron chi connectivity index (χ4n) is 1.89. The van der Waals surface area contributed by atoms with Crippen LogP contribution in [-0.2, 0) is 7.05 Å². The van der Waals surface area contributed by atoms with E-state index in [9.17, 15) is 0 Å². The van der Waals surface area contributed by atoms with Gasteiger partial charge in [-0.1, -0.05) is 24.8 Å². The molecule has 15 heavy (non-hydrogen) atoms. The standard InChI is InChI=1S/C12H13N.C2H4/c1-4-11-9(2)10-7-5-6-8-12(10)13(11)3;1-2/h4-8H,1H2,2-3H3;1-2H2. The van der Waals surface area contributed by atoms with Crippen LogP contribution >= 0.6 is 0 Å². The van der Waals surface area contributed by atoms with Crippen molar-refractivity contribution in [2.45, 2.75) is 6.92 Å². The number of rotatable bonds is 1. The van der Waals surface area contributed by atoms with E-state index in [0.29, 0.717) is 0 Å². The third-order valence-corrected chi connectivity index (χ3v) is 2.61. The Labute approximate surface area is 91.3 Å². The van der Waals surface area contributed by atoms with Crippen molar-refractivity contribution in [3.8, 4) is 0 Å². The highest BCUT2D eigenvalue weighted by Gasteiger charge is 2.06. The Hall–Kier alpha value is -1.76. The Morgan fingerprint density at radius 2 is 1.80 bits per heavy atom. The number of aromatic nitrogens is 1. The van der Waals surface area contributed by atoms with Crippen LogP contribution < -0.4 is 0 Å². The van der Waals surface area contributed by atoms with Crippen LogP contribution in [0.3, 0.4) is 0 Å². The van der Waals surface area contributed by atoms with Gasteiger partial charge in [0.05, 0.1) is 0 Å². The van der Waals surface area contributed by atoms with E-state index in [4.69, 9.17) is 0 Å². The molecule has 1 heterocycles. The molecule has 0 N–H and O–H groups in total. The number of benzene rings is 1. The first kappa shape index (κ1) is 11.3. The van der Waals surface area contributed by atoms with Gasteiger partial charge in [-0.25, -0.2) is 0 Å². The average molecular weight is 199 g/mol. The Kier molecular flexibility index (Phi) is 3.51. The minimum absolute atomic E-state index is 1.21. The first-order chi connectivity index (χ1) is 7.25. The van der Waals surface area contributed by atoms with Crippen molar-refractivity contribution in [1.82, 2.24) is 4.57 Å². The number of nitrogens with zero attached hydrogens (tertiary/aromatic N) is 1. The highest BCUT2D eigenvalue weighted by atomic mass is 14.9. The summed E-state index contributed by atoms with van der Waals surface area (Å²) in [5, 5.41) is 1.32. The van der Waals surface area contributed by atoms with Crippen LogP contribution in [0, 0.1) is 6.92 Å². The van der Waals surface area contributed by atoms with Crippen molar-refractivity contribution in [2.75, 3.05) is 0 Å². The van der Waals surface area contributed by atoms with Crippen molar-refractivity contribution in [1.29, 1.82) is 0 Å². The molecule has 0 aliphatic heterocycles. The van der Waals surface area contributed by atoms with E-state index < -0.39 is 0 Å². The summed E-state index contributed by atoms with van der Waals surface area (Å²) in [5.41, 5.74) is 3.80. The topological polar surface area (TPSA) is 4.93 Å². The molecule has 2 aromatic rings. The summed E-state index contributed by atoms with van der Waals surface area (Å²) >= 11 is 0. The molecule has 0 radical (unpaired) electrons. The summed E-state index contributed by atoms with van der Waals surface area (Å²) < 4.78 is 2.18. The minimum Gasteiger partial charge on any atom is -0.344 e. The van der Waals surface area contributed by atoms with Crippen molar-refractivity contribution in [3.63, 3.8) is 0 Å². The third kappa shape index (κ3) is 1.73. The van der Waals surface area contributed by atoms with Gasteiger partial charge in [-0.15, -0.1) is 13.2 Å². The number of fused-ring (bicyclic) bond motifs is 1. The van der Waals surface area contributed by atoms with E-state index >= 15 is 0 Å². The van der Waals surface area contributed by atoms with Gasteiger partial charge in [0.25, 0.3) is 0 Å². The molecule has 0 saturated heterocycles. The lowest BCUT2D eigenvalue weighted by atomic mass is 10.1. The van der Waals surface area contributed by atoms with Crippen LogP contribution in [0.25, 0.3) is 17.0 Å². The lowest BCUT2D eigenvalue weighted by Gasteiger charge is -1.97. The zero-order valence-corrected chi connectivity index (χ0v) is 9.46. The molecular formula is C14H17N. The Balaban J connectivity index is 0.000000531. The first-order valence-corrected chi connectivity index (χ1v) is 4.92. The summed E-state index contributed by atoms with van der Waals surface area (Å²) in [5.74, 6) is 0. The molecule has 0 atom stereocenters. The monoisotopic (exact) mass is 199 g/mol. The molecule has 0 fully saturated rings. The summed E-state index contributed by atoms with van der Waals surface area (Å²) in [6.07, 6.45) is 1.91. The van der Waals surface area contributed by atoms with Gasteiger partial charge in [0.2, 0.25) is 0 Å². The Morgan fingerprint density at radius 1 is 1.20 bits per heavy atom. The predicted octanol–water partition coefficient (Wildman–Crippen LogP) is 3.93. The molecule has 0 saturated carbocycles. The van der Waals surface area contributed by atoms with E-state index in [0.717, 1.165) is 0 Å². The summed E-state index contributed by atoms with van der Waals surface area (Å²) in [6.45, 7) is 12.0. The van der Waals surface area contributed by atoms with Gasteiger partial charge in [-0.05, 0) is 24.6 Å². The molecule has 1 aromatic heterocycles. The van der Waals surface area contributed by atoms with Gasteiger partial charge in [-0.3, -0.25) is 0 Å². The molecule has 0 unspecified atom stereocenters. The molecule has 0 aliphatic carbocycles. The van der Waals surface area contributed by atoms with Gasteiger partial charge in [0.15, 0.2) is 0 Å². The molecular weight excluding hydrogens is 182 g/mol. The molecule has 78 valence electrons. The lowest BCUT2D eigenvalue weighted by Crippen LogP contribution is -1.89. The normalized spacial score (nSPS) is 9.47. The van der Waals surface area contributed by atoms with E-state index in [1.54, 1.807) is 0 Å². The van der Waals surface area contributed by atoms with Crippen molar-refractivity contribution in [3.05, 3.63) is 55.3 Å². The Morgan fingerprint density at radius 3 is 2.33 bits per heavy atom. The second-order valence-electron chi connectivity index (χ2n) is 3.29. The van der Waals surface area contributed by atoms with Crippen LogP contribution in [0.1, 0.15) is 11.3 Å². The molecule has 1 aromatic carbocycles. The highest BCUT2D eigenvalue weighted by molar-refractivity contribution is 5.87. The fourth-order valence-corrected chi connectivity index (χ4v) is 1.89. The summed E-state index contributed by atoms with van der Waals surface area (Å²) in [6, 6.07) is 8.42. The molecule has 0 spiro atoms. The lowest BCUT2D eigenvalue weighted by molar-refractivity contribution is 0.949. The second kappa shape index (κ2) is 4.65. The molecule has 1 heteroatoms. The van der Waals surface area contributed by atoms with Crippen LogP contribution in [0.4, 0.5) is 0 Å². The molecule has 1 nitrogen and oxygen atoms in total. The Bertz CT molecular complexity index is 438. The van der Waals surface area contributed by atoms with Gasteiger partial charge in [0, 0.05) is 23.6 Å². The van der Waals surface area contributed by atoms with Crippen LogP contribution in [0.5, 0.6) is 0 Å². The smallest absolute Gasteiger partial charge is 0.0485 e. The average Bonchev–Trinajstić information content (AvgIpc) is 2.55. The maximum Gasteiger partial charge on any atom is 0.0485 e. The van der Waals surface area contributed by atoms with Crippen molar-refractivity contribution in [2.24, 2.45) is 7.05 Å². The zero-order chi connectivity index (χ0) is 11.4. The maximum absolute atomic E-state index is 3.83. The fraction of sp³-hybridized carbons (Fsp3) is 0.143. The van der Waals surface area contributed by atoms with E-state index in [-0.39, 0.29) is 0 Å². The third-order valence-electron chi connectivity index (χ3n) is 2.61. The van der Waals surface area contributed by atoms with Crippen LogP contribution in [-0.4, -0.2) is 4.57 Å². The second-order valence-corrected chi connectivity index (χ2v) is 3.29. The summed E-state index contributed by atoms with van der Waals surface area (Å²) in [7, 11) is 2.08. The quantitative estimate of drug-likeness (QED) is 0.613. The molecule has 0 bridgehead atoms. The number of hydrogen-bond donors (Lipinski definition) is 0. The van der Waals surface area contributed by atoms with Gasteiger partial charge in [-0.2, -0.15) is 0 Å². The van der Waals surface area contributed by atoms with Gasteiger partial charge in [0.1, 0.15) is 0 Å². The van der Waals surface area contributed by atoms with Gasteiger partial charge < -0.3 is 4.57 Å². The zero-order valence-electron chi connectivity index (χ0n) is 9.46. The van der Waals surface area contributed by atoms with E-state index in [1.165, 1.54) is 22.2 Å². The highest BCUT2D eigenvalue weighted by Crippen LogP contribution is 2.24. The largest absolute Gasteiger partial charge is 0.344 e. The molecule has 0 amide bonds. The van der Waals surface area contributed by atoms with E-state index in [1.807, 2.05) is 6.08 Å². The van der Waals surface area contributed by atoms with E-state index in [2.05, 4.69) is 62.5 Å². The minimum atomic E-state index is 1.21. The number of hydrogen-bond acceptors (Lipinski definition) is 0. The maximum atomic E-state index is 3.83. The summed E-state index contributed by atoms with van der Waals surface area (Å²) in [4.78, 5) is 0. The van der Waals surface area contributed by atoms with Crippen molar-refractivity contribution < 1.29 is 0 Å².